The van der Waals surface area contributed by atoms with Crippen molar-refractivity contribution in [1.82, 2.24) is 0 Å². The van der Waals surface area contributed by atoms with Crippen LogP contribution >= 0.6 is 0 Å². The molecule has 1 aliphatic rings. The lowest BCUT2D eigenvalue weighted by Crippen LogP contribution is -2.03. The van der Waals surface area contributed by atoms with E-state index < -0.39 is 0 Å². The predicted octanol–water partition coefficient (Wildman–Crippen LogP) is 3.26. The number of aryl methyl sites for hydroxylation is 2. The van der Waals surface area contributed by atoms with E-state index in [2.05, 4.69) is 0 Å². The molecule has 0 amide bonds. The maximum absolute atomic E-state index is 12.2. The van der Waals surface area contributed by atoms with Crippen molar-refractivity contribution in [2.45, 2.75) is 33.6 Å². The molecule has 0 saturated carbocycles. The molecule has 1 atom stereocenters. The van der Waals surface area contributed by atoms with Gasteiger partial charge in [0.05, 0.1) is 7.11 Å². The van der Waals surface area contributed by atoms with Gasteiger partial charge >= 0.3 is 0 Å². The number of ketones is 2. The third kappa shape index (κ3) is 2.82. The van der Waals surface area contributed by atoms with E-state index in [9.17, 15) is 9.59 Å². The Balaban J connectivity index is 2.45. The van der Waals surface area contributed by atoms with Crippen LogP contribution in [0, 0.1) is 19.8 Å². The van der Waals surface area contributed by atoms with Crippen LogP contribution in [0.15, 0.2) is 18.2 Å². The molecule has 1 aliphatic carbocycles. The molecule has 0 fully saturated rings. The number of Topliss-reactive ketones (excluding diaryl/α,β-unsaturated/α-hetero) is 2. The fourth-order valence-electron chi connectivity index (χ4n) is 2.89. The Morgan fingerprint density at radius 1 is 1.35 bits per heavy atom. The number of benzene rings is 1. The Labute approximate surface area is 119 Å². The van der Waals surface area contributed by atoms with Gasteiger partial charge in [0.15, 0.2) is 5.78 Å². The first-order chi connectivity index (χ1) is 9.42. The normalized spacial score (nSPS) is 18.1. The molecule has 20 heavy (non-hydrogen) atoms. The van der Waals surface area contributed by atoms with Gasteiger partial charge in [0.1, 0.15) is 11.5 Å². The van der Waals surface area contributed by atoms with E-state index in [0.717, 1.165) is 22.4 Å². The van der Waals surface area contributed by atoms with Gasteiger partial charge in [-0.15, -0.1) is 0 Å². The van der Waals surface area contributed by atoms with Crippen LogP contribution < -0.4 is 4.74 Å². The zero-order valence-electron chi connectivity index (χ0n) is 12.4. The van der Waals surface area contributed by atoms with Crippen LogP contribution in [0.25, 0.3) is 5.57 Å². The van der Waals surface area contributed by atoms with Crippen LogP contribution in [0.1, 0.15) is 36.5 Å². The summed E-state index contributed by atoms with van der Waals surface area (Å²) in [7, 11) is 1.62. The fourth-order valence-corrected chi connectivity index (χ4v) is 2.89. The van der Waals surface area contributed by atoms with Crippen LogP contribution in [0.2, 0.25) is 0 Å². The lowest BCUT2D eigenvalue weighted by Gasteiger charge is -2.13. The van der Waals surface area contributed by atoms with Gasteiger partial charge in [0.25, 0.3) is 0 Å². The molecular formula is C17H20O3. The SMILES string of the molecule is COc1cc(C)cc(C)c1C1=CC(CC(C)=O)CC1=O. The van der Waals surface area contributed by atoms with Crippen molar-refractivity contribution >= 4 is 17.1 Å². The topological polar surface area (TPSA) is 43.4 Å². The minimum absolute atomic E-state index is 0.0282. The quantitative estimate of drug-likeness (QED) is 0.845. The van der Waals surface area contributed by atoms with Crippen molar-refractivity contribution in [3.8, 4) is 5.75 Å². The minimum atomic E-state index is 0.0282. The number of carbonyl (C=O) groups excluding carboxylic acids is 2. The van der Waals surface area contributed by atoms with Gasteiger partial charge in [-0.05, 0) is 43.9 Å². The molecule has 3 nitrogen and oxygen atoms in total. The average molecular weight is 272 g/mol. The molecule has 0 bridgehead atoms. The standard InChI is InChI=1S/C17H20O3/c1-10-5-11(2)17(16(6-10)20-4)14-8-13(7-12(3)18)9-15(14)19/h5-6,8,13H,7,9H2,1-4H3. The Kier molecular flexibility index (Phi) is 4.07. The van der Waals surface area contributed by atoms with Crippen LogP contribution in [0.5, 0.6) is 5.75 Å². The monoisotopic (exact) mass is 272 g/mol. The first kappa shape index (κ1) is 14.5. The smallest absolute Gasteiger partial charge is 0.163 e. The Bertz CT molecular complexity index is 596. The summed E-state index contributed by atoms with van der Waals surface area (Å²) in [5.74, 6) is 0.973. The van der Waals surface area contributed by atoms with Crippen LogP contribution in [-0.4, -0.2) is 18.7 Å². The third-order valence-electron chi connectivity index (χ3n) is 3.63. The van der Waals surface area contributed by atoms with E-state index in [4.69, 9.17) is 4.74 Å². The third-order valence-corrected chi connectivity index (χ3v) is 3.63. The number of carbonyl (C=O) groups is 2. The maximum atomic E-state index is 12.2. The molecule has 1 aromatic carbocycles. The zero-order chi connectivity index (χ0) is 14.9. The predicted molar refractivity (Wildman–Crippen MR) is 78.9 cm³/mol. The molecule has 0 aliphatic heterocycles. The first-order valence-corrected chi connectivity index (χ1v) is 6.82. The van der Waals surface area contributed by atoms with Gasteiger partial charge in [-0.1, -0.05) is 12.1 Å². The fraction of sp³-hybridized carbons (Fsp3) is 0.412. The van der Waals surface area contributed by atoms with Gasteiger partial charge in [-0.2, -0.15) is 0 Å². The molecule has 0 aromatic heterocycles. The Morgan fingerprint density at radius 2 is 2.05 bits per heavy atom. The highest BCUT2D eigenvalue weighted by molar-refractivity contribution is 6.24. The largest absolute Gasteiger partial charge is 0.496 e. The molecule has 0 N–H and O–H groups in total. The van der Waals surface area contributed by atoms with Gasteiger partial charge in [0, 0.05) is 24.0 Å². The summed E-state index contributed by atoms with van der Waals surface area (Å²) in [6.07, 6.45) is 2.79. The maximum Gasteiger partial charge on any atom is 0.163 e. The van der Waals surface area contributed by atoms with E-state index in [1.807, 2.05) is 32.1 Å². The Hall–Kier alpha value is -1.90. The second-order valence-electron chi connectivity index (χ2n) is 5.53. The molecule has 0 spiro atoms. The highest BCUT2D eigenvalue weighted by atomic mass is 16.5. The van der Waals surface area contributed by atoms with Crippen LogP contribution in [0.3, 0.4) is 0 Å². The van der Waals surface area contributed by atoms with E-state index in [1.165, 1.54) is 0 Å². The molecule has 1 unspecified atom stereocenters. The summed E-state index contributed by atoms with van der Waals surface area (Å²) >= 11 is 0. The van der Waals surface area contributed by atoms with E-state index >= 15 is 0 Å². The number of allylic oxidation sites excluding steroid dienone is 2. The van der Waals surface area contributed by atoms with Crippen molar-refractivity contribution in [3.63, 3.8) is 0 Å². The number of methoxy groups -OCH3 is 1. The lowest BCUT2D eigenvalue weighted by atomic mass is 9.96. The van der Waals surface area contributed by atoms with Crippen LogP contribution in [0.4, 0.5) is 0 Å². The second-order valence-corrected chi connectivity index (χ2v) is 5.53. The summed E-state index contributed by atoms with van der Waals surface area (Å²) in [5.41, 5.74) is 3.71. The molecule has 2 rings (SSSR count). The average Bonchev–Trinajstić information content (AvgIpc) is 2.67. The van der Waals surface area contributed by atoms with Crippen molar-refractivity contribution in [2.24, 2.45) is 5.92 Å². The molecule has 1 aromatic rings. The van der Waals surface area contributed by atoms with E-state index in [-0.39, 0.29) is 17.5 Å². The molecule has 0 saturated heterocycles. The van der Waals surface area contributed by atoms with E-state index in [1.54, 1.807) is 14.0 Å². The summed E-state index contributed by atoms with van der Waals surface area (Å²) in [6.45, 7) is 5.55. The van der Waals surface area contributed by atoms with Gasteiger partial charge < -0.3 is 9.53 Å². The van der Waals surface area contributed by atoms with Crippen molar-refractivity contribution in [2.75, 3.05) is 7.11 Å². The van der Waals surface area contributed by atoms with Crippen molar-refractivity contribution < 1.29 is 14.3 Å². The number of hydrogen-bond acceptors (Lipinski definition) is 3. The number of rotatable bonds is 4. The Morgan fingerprint density at radius 3 is 2.65 bits per heavy atom. The molecule has 0 radical (unpaired) electrons. The number of ether oxygens (including phenoxy) is 1. The number of hydrogen-bond donors (Lipinski definition) is 0. The summed E-state index contributed by atoms with van der Waals surface area (Å²) in [5, 5.41) is 0. The zero-order valence-corrected chi connectivity index (χ0v) is 12.4. The lowest BCUT2D eigenvalue weighted by molar-refractivity contribution is -0.117. The van der Waals surface area contributed by atoms with Gasteiger partial charge in [0.2, 0.25) is 0 Å². The molecule has 3 heteroatoms. The highest BCUT2D eigenvalue weighted by Crippen LogP contribution is 2.37. The highest BCUT2D eigenvalue weighted by Gasteiger charge is 2.28. The van der Waals surface area contributed by atoms with Crippen molar-refractivity contribution in [1.29, 1.82) is 0 Å². The molecule has 0 heterocycles. The minimum Gasteiger partial charge on any atom is -0.496 e. The second kappa shape index (κ2) is 5.61. The summed E-state index contributed by atoms with van der Waals surface area (Å²) in [6, 6.07) is 3.99. The van der Waals surface area contributed by atoms with Gasteiger partial charge in [-0.3, -0.25) is 4.79 Å². The van der Waals surface area contributed by atoms with Crippen LogP contribution in [-0.2, 0) is 9.59 Å². The summed E-state index contributed by atoms with van der Waals surface area (Å²) < 4.78 is 5.42. The molecule has 106 valence electrons. The van der Waals surface area contributed by atoms with E-state index in [0.29, 0.717) is 18.4 Å². The molecular weight excluding hydrogens is 252 g/mol. The van der Waals surface area contributed by atoms with Crippen molar-refractivity contribution in [3.05, 3.63) is 34.9 Å². The summed E-state index contributed by atoms with van der Waals surface area (Å²) in [4.78, 5) is 23.5. The first-order valence-electron chi connectivity index (χ1n) is 6.82. The van der Waals surface area contributed by atoms with Gasteiger partial charge in [-0.25, -0.2) is 0 Å².